The van der Waals surface area contributed by atoms with Crippen molar-refractivity contribution in [2.75, 3.05) is 0 Å². The van der Waals surface area contributed by atoms with Crippen molar-refractivity contribution in [2.24, 2.45) is 17.2 Å². The van der Waals surface area contributed by atoms with Crippen molar-refractivity contribution in [1.82, 2.24) is 5.43 Å². The Morgan fingerprint density at radius 2 is 1.75 bits per heavy atom. The van der Waals surface area contributed by atoms with Crippen LogP contribution < -0.4 is 11.3 Å². The normalized spacial score (nSPS) is 24.4. The van der Waals surface area contributed by atoms with Crippen LogP contribution >= 0.6 is 0 Å². The summed E-state index contributed by atoms with van der Waals surface area (Å²) in [5, 5.41) is 0. The Kier molecular flexibility index (Phi) is 5.77. The van der Waals surface area contributed by atoms with Gasteiger partial charge in [-0.2, -0.15) is 0 Å². The third-order valence-electron chi connectivity index (χ3n) is 4.16. The van der Waals surface area contributed by atoms with Crippen molar-refractivity contribution in [3.05, 3.63) is 0 Å². The molecule has 0 aromatic carbocycles. The van der Waals surface area contributed by atoms with E-state index in [9.17, 15) is 0 Å². The van der Waals surface area contributed by atoms with Crippen LogP contribution in [0, 0.1) is 11.3 Å². The zero-order valence-electron chi connectivity index (χ0n) is 11.4. The molecule has 2 heteroatoms. The van der Waals surface area contributed by atoms with Crippen LogP contribution in [0.15, 0.2) is 0 Å². The maximum absolute atomic E-state index is 5.65. The fourth-order valence-corrected chi connectivity index (χ4v) is 2.74. The molecule has 1 saturated carbocycles. The summed E-state index contributed by atoms with van der Waals surface area (Å²) < 4.78 is 0. The number of nitrogens with one attached hydrogen (secondary N) is 1. The maximum Gasteiger partial charge on any atom is 0.0244 e. The van der Waals surface area contributed by atoms with Gasteiger partial charge in [-0.15, -0.1) is 0 Å². The molecule has 0 amide bonds. The highest BCUT2D eigenvalue weighted by molar-refractivity contribution is 5.01. The lowest BCUT2D eigenvalue weighted by atomic mass is 9.98. The summed E-state index contributed by atoms with van der Waals surface area (Å²) >= 11 is 0. The van der Waals surface area contributed by atoms with Gasteiger partial charge in [0.1, 0.15) is 0 Å². The number of unbranched alkanes of at least 4 members (excludes halogenated alkanes) is 5. The van der Waals surface area contributed by atoms with Gasteiger partial charge in [0.15, 0.2) is 0 Å². The summed E-state index contributed by atoms with van der Waals surface area (Å²) in [6.07, 6.45) is 10.9. The van der Waals surface area contributed by atoms with E-state index in [1.54, 1.807) is 0 Å². The first-order valence-corrected chi connectivity index (χ1v) is 7.08. The first-order valence-electron chi connectivity index (χ1n) is 7.08. The molecule has 0 heterocycles. The van der Waals surface area contributed by atoms with Crippen molar-refractivity contribution < 1.29 is 0 Å². The Hall–Kier alpha value is -0.0800. The van der Waals surface area contributed by atoms with Crippen molar-refractivity contribution in [1.29, 1.82) is 0 Å². The molecule has 3 N–H and O–H groups in total. The molecular weight excluding hydrogens is 196 g/mol. The molecule has 96 valence electrons. The average Bonchev–Trinajstić information content (AvgIpc) is 2.87. The van der Waals surface area contributed by atoms with Gasteiger partial charge in [-0.05, 0) is 24.2 Å². The number of hydrogen-bond donors (Lipinski definition) is 2. The standard InChI is InChI=1S/C14H30N2/c1-4-5-6-7-8-9-10-13(16-15)12-11-14(12,2)3/h12-13,16H,4-11,15H2,1-3H3. The molecule has 0 radical (unpaired) electrons. The Morgan fingerprint density at radius 3 is 2.25 bits per heavy atom. The van der Waals surface area contributed by atoms with Crippen LogP contribution in [0.2, 0.25) is 0 Å². The first kappa shape index (κ1) is 14.0. The Morgan fingerprint density at radius 1 is 1.19 bits per heavy atom. The quantitative estimate of drug-likeness (QED) is 0.358. The fourth-order valence-electron chi connectivity index (χ4n) is 2.74. The van der Waals surface area contributed by atoms with E-state index in [4.69, 9.17) is 5.84 Å². The smallest absolute Gasteiger partial charge is 0.0244 e. The lowest BCUT2D eigenvalue weighted by Gasteiger charge is -2.17. The molecule has 0 aromatic rings. The molecule has 1 fully saturated rings. The monoisotopic (exact) mass is 226 g/mol. The Bertz CT molecular complexity index is 189. The second-order valence-electron chi connectivity index (χ2n) is 6.13. The predicted molar refractivity (Wildman–Crippen MR) is 71.0 cm³/mol. The first-order chi connectivity index (χ1) is 7.61. The second kappa shape index (κ2) is 6.61. The van der Waals surface area contributed by atoms with Crippen LogP contribution in [-0.2, 0) is 0 Å². The minimum Gasteiger partial charge on any atom is -0.271 e. The molecule has 2 unspecified atom stereocenters. The number of hydrazine groups is 1. The van der Waals surface area contributed by atoms with E-state index in [-0.39, 0.29) is 0 Å². The van der Waals surface area contributed by atoms with Crippen LogP contribution in [0.25, 0.3) is 0 Å². The molecule has 1 rings (SSSR count). The van der Waals surface area contributed by atoms with Crippen molar-refractivity contribution in [3.8, 4) is 0 Å². The Balaban J connectivity index is 2.02. The van der Waals surface area contributed by atoms with E-state index in [2.05, 4.69) is 26.2 Å². The highest BCUT2D eigenvalue weighted by Gasteiger charge is 2.49. The molecule has 0 spiro atoms. The molecule has 0 aromatic heterocycles. The van der Waals surface area contributed by atoms with Gasteiger partial charge in [-0.1, -0.05) is 59.3 Å². The third-order valence-corrected chi connectivity index (χ3v) is 4.16. The van der Waals surface area contributed by atoms with E-state index in [1.807, 2.05) is 0 Å². The summed E-state index contributed by atoms with van der Waals surface area (Å²) in [7, 11) is 0. The van der Waals surface area contributed by atoms with Gasteiger partial charge in [0, 0.05) is 6.04 Å². The lowest BCUT2D eigenvalue weighted by Crippen LogP contribution is -2.37. The summed E-state index contributed by atoms with van der Waals surface area (Å²) in [4.78, 5) is 0. The highest BCUT2D eigenvalue weighted by Crippen LogP contribution is 2.54. The number of nitrogens with two attached hydrogens (primary N) is 1. The van der Waals surface area contributed by atoms with Gasteiger partial charge < -0.3 is 0 Å². The number of rotatable bonds is 9. The molecule has 2 atom stereocenters. The minimum absolute atomic E-state index is 0.541. The SMILES string of the molecule is CCCCCCCCC(NN)C1CC1(C)C. The van der Waals surface area contributed by atoms with Gasteiger partial charge >= 0.3 is 0 Å². The molecule has 1 aliphatic rings. The van der Waals surface area contributed by atoms with E-state index in [0.717, 1.165) is 5.92 Å². The predicted octanol–water partition coefficient (Wildman–Crippen LogP) is 3.62. The van der Waals surface area contributed by atoms with Crippen LogP contribution in [0.4, 0.5) is 0 Å². The third kappa shape index (κ3) is 4.42. The lowest BCUT2D eigenvalue weighted by molar-refractivity contribution is 0.377. The van der Waals surface area contributed by atoms with Crippen LogP contribution in [0.5, 0.6) is 0 Å². The molecule has 2 nitrogen and oxygen atoms in total. The highest BCUT2D eigenvalue weighted by atomic mass is 15.2. The molecule has 0 bridgehead atoms. The number of hydrogen-bond acceptors (Lipinski definition) is 2. The van der Waals surface area contributed by atoms with Gasteiger partial charge in [0.05, 0.1) is 0 Å². The Labute approximate surface area is 101 Å². The van der Waals surface area contributed by atoms with Gasteiger partial charge in [-0.25, -0.2) is 0 Å². The maximum atomic E-state index is 5.65. The van der Waals surface area contributed by atoms with Crippen molar-refractivity contribution >= 4 is 0 Å². The summed E-state index contributed by atoms with van der Waals surface area (Å²) in [6, 6.07) is 0.557. The van der Waals surface area contributed by atoms with Gasteiger partial charge in [0.2, 0.25) is 0 Å². The molecule has 1 aliphatic carbocycles. The summed E-state index contributed by atoms with van der Waals surface area (Å²) in [5.41, 5.74) is 3.56. The average molecular weight is 226 g/mol. The van der Waals surface area contributed by atoms with E-state index in [1.165, 1.54) is 51.4 Å². The summed E-state index contributed by atoms with van der Waals surface area (Å²) in [5.74, 6) is 6.46. The fraction of sp³-hybridized carbons (Fsp3) is 1.00. The van der Waals surface area contributed by atoms with E-state index in [0.29, 0.717) is 11.5 Å². The molecule has 16 heavy (non-hydrogen) atoms. The van der Waals surface area contributed by atoms with Crippen molar-refractivity contribution in [3.63, 3.8) is 0 Å². The molecular formula is C14H30N2. The topological polar surface area (TPSA) is 38.0 Å². The van der Waals surface area contributed by atoms with E-state index >= 15 is 0 Å². The zero-order valence-corrected chi connectivity index (χ0v) is 11.4. The minimum atomic E-state index is 0.541. The van der Waals surface area contributed by atoms with Gasteiger partial charge in [-0.3, -0.25) is 11.3 Å². The van der Waals surface area contributed by atoms with Crippen LogP contribution in [0.1, 0.15) is 72.1 Å². The largest absolute Gasteiger partial charge is 0.271 e. The summed E-state index contributed by atoms with van der Waals surface area (Å²) in [6.45, 7) is 6.97. The second-order valence-corrected chi connectivity index (χ2v) is 6.13. The van der Waals surface area contributed by atoms with E-state index < -0.39 is 0 Å². The molecule has 0 saturated heterocycles. The van der Waals surface area contributed by atoms with Crippen molar-refractivity contribution in [2.45, 2.75) is 78.2 Å². The molecule has 0 aliphatic heterocycles. The van der Waals surface area contributed by atoms with Crippen LogP contribution in [0.3, 0.4) is 0 Å². The van der Waals surface area contributed by atoms with Crippen LogP contribution in [-0.4, -0.2) is 6.04 Å². The van der Waals surface area contributed by atoms with Gasteiger partial charge in [0.25, 0.3) is 0 Å². The zero-order chi connectivity index (χ0) is 12.0.